The Kier molecular flexibility index (Phi) is 11.4. The Bertz CT molecular complexity index is 728. The second-order valence-corrected chi connectivity index (χ2v) is 6.50. The highest BCUT2D eigenvalue weighted by atomic mass is 32.1. The smallest absolute Gasteiger partial charge is 0.186 e. The van der Waals surface area contributed by atoms with Gasteiger partial charge in [-0.25, -0.2) is 0 Å². The Labute approximate surface area is 178 Å². The molecular weight excluding hydrogens is 388 g/mol. The molecule has 4 N–H and O–H groups in total. The molecule has 0 radical (unpaired) electrons. The minimum Gasteiger partial charge on any atom is -0.362 e. The average Bonchev–Trinajstić information content (AvgIpc) is 2.69. The molecule has 1 aromatic rings. The summed E-state index contributed by atoms with van der Waals surface area (Å²) in [6, 6.07) is 10.1. The largest absolute Gasteiger partial charge is 0.362 e. The molecule has 8 heteroatoms. The minimum absolute atomic E-state index is 0.474. The van der Waals surface area contributed by atoms with E-state index in [2.05, 4.69) is 31.7 Å². The van der Waals surface area contributed by atoms with E-state index < -0.39 is 0 Å². The van der Waals surface area contributed by atoms with Crippen molar-refractivity contribution in [2.75, 3.05) is 13.1 Å². The lowest BCUT2D eigenvalue weighted by atomic mass is 10.1. The van der Waals surface area contributed by atoms with Crippen LogP contribution >= 0.6 is 24.4 Å². The van der Waals surface area contributed by atoms with E-state index in [4.69, 9.17) is 24.4 Å². The van der Waals surface area contributed by atoms with Gasteiger partial charge in [-0.3, -0.25) is 10.9 Å². The monoisotopic (exact) mass is 416 g/mol. The summed E-state index contributed by atoms with van der Waals surface area (Å²) in [5.41, 5.74) is 9.14. The van der Waals surface area contributed by atoms with E-state index in [1.807, 2.05) is 76.3 Å². The highest BCUT2D eigenvalue weighted by molar-refractivity contribution is 7.80. The summed E-state index contributed by atoms with van der Waals surface area (Å²) < 4.78 is 0. The fourth-order valence-electron chi connectivity index (χ4n) is 2.11. The van der Waals surface area contributed by atoms with Gasteiger partial charge >= 0.3 is 0 Å². The maximum atomic E-state index is 5.16. The van der Waals surface area contributed by atoms with Gasteiger partial charge < -0.3 is 10.6 Å². The Morgan fingerprint density at radius 2 is 1.39 bits per heavy atom. The van der Waals surface area contributed by atoms with Gasteiger partial charge in [-0.05, 0) is 57.7 Å². The van der Waals surface area contributed by atoms with Gasteiger partial charge in [-0.15, -0.1) is 0 Å². The van der Waals surface area contributed by atoms with Crippen molar-refractivity contribution in [1.82, 2.24) is 21.5 Å². The third-order valence-electron chi connectivity index (χ3n) is 3.46. The third kappa shape index (κ3) is 9.38. The second kappa shape index (κ2) is 13.6. The van der Waals surface area contributed by atoms with E-state index in [1.54, 1.807) is 0 Å². The van der Waals surface area contributed by atoms with Crippen molar-refractivity contribution in [3.8, 4) is 0 Å². The van der Waals surface area contributed by atoms with E-state index in [1.165, 1.54) is 0 Å². The molecule has 150 valence electrons. The van der Waals surface area contributed by atoms with Gasteiger partial charge in [-0.1, -0.05) is 48.6 Å². The number of benzene rings is 1. The van der Waals surface area contributed by atoms with E-state index in [0.717, 1.165) is 35.6 Å². The Hall–Kier alpha value is -2.58. The molecule has 0 atom stereocenters. The maximum Gasteiger partial charge on any atom is 0.186 e. The molecule has 0 aliphatic rings. The molecule has 0 unspecified atom stereocenters. The minimum atomic E-state index is 0.474. The summed E-state index contributed by atoms with van der Waals surface area (Å²) >= 11 is 10.3. The lowest BCUT2D eigenvalue weighted by Gasteiger charge is -2.10. The maximum absolute atomic E-state index is 5.16. The van der Waals surface area contributed by atoms with Crippen LogP contribution in [0.1, 0.15) is 33.3 Å². The molecule has 0 aromatic heterocycles. The quantitative estimate of drug-likeness (QED) is 0.225. The topological polar surface area (TPSA) is 72.8 Å². The number of nitrogens with zero attached hydrogens (tertiary/aromatic N) is 2. The summed E-state index contributed by atoms with van der Waals surface area (Å²) in [6.07, 6.45) is 5.95. The van der Waals surface area contributed by atoms with Crippen LogP contribution in [0.2, 0.25) is 0 Å². The lowest BCUT2D eigenvalue weighted by Crippen LogP contribution is -2.33. The number of allylic oxidation sites excluding steroid dienone is 3. The fourth-order valence-corrected chi connectivity index (χ4v) is 2.49. The zero-order valence-corrected chi connectivity index (χ0v) is 18.4. The molecule has 0 amide bonds. The summed E-state index contributed by atoms with van der Waals surface area (Å²) in [5.74, 6) is 0. The van der Waals surface area contributed by atoms with Crippen molar-refractivity contribution in [3.05, 3.63) is 53.6 Å². The van der Waals surface area contributed by atoms with Crippen LogP contribution in [0, 0.1) is 0 Å². The Morgan fingerprint density at radius 1 is 0.893 bits per heavy atom. The van der Waals surface area contributed by atoms with Gasteiger partial charge in [0.15, 0.2) is 10.2 Å². The Balaban J connectivity index is 3.04. The predicted octanol–water partition coefficient (Wildman–Crippen LogP) is 3.35. The molecule has 1 aromatic carbocycles. The molecule has 0 fully saturated rings. The van der Waals surface area contributed by atoms with Crippen LogP contribution in [0.4, 0.5) is 0 Å². The summed E-state index contributed by atoms with van der Waals surface area (Å²) in [4.78, 5) is 0. The molecule has 6 nitrogen and oxygen atoms in total. The first-order valence-electron chi connectivity index (χ1n) is 9.08. The van der Waals surface area contributed by atoms with Crippen LogP contribution in [0.5, 0.6) is 0 Å². The van der Waals surface area contributed by atoms with Crippen molar-refractivity contribution in [3.63, 3.8) is 0 Å². The van der Waals surface area contributed by atoms with Gasteiger partial charge in [0.1, 0.15) is 0 Å². The van der Waals surface area contributed by atoms with Crippen molar-refractivity contribution in [2.45, 2.75) is 27.7 Å². The van der Waals surface area contributed by atoms with Crippen molar-refractivity contribution >= 4 is 52.2 Å². The molecule has 0 aliphatic carbocycles. The molecule has 0 heterocycles. The predicted molar refractivity (Wildman–Crippen MR) is 129 cm³/mol. The highest BCUT2D eigenvalue weighted by Gasteiger charge is 2.07. The summed E-state index contributed by atoms with van der Waals surface area (Å²) in [5, 5.41) is 15.7. The lowest BCUT2D eigenvalue weighted by molar-refractivity contribution is 0.898. The van der Waals surface area contributed by atoms with Crippen LogP contribution < -0.4 is 21.5 Å². The van der Waals surface area contributed by atoms with Gasteiger partial charge in [0, 0.05) is 18.7 Å². The molecule has 0 saturated carbocycles. The molecule has 0 bridgehead atoms. The van der Waals surface area contributed by atoms with Crippen LogP contribution in [-0.2, 0) is 0 Å². The van der Waals surface area contributed by atoms with Gasteiger partial charge in [0.2, 0.25) is 0 Å². The third-order valence-corrected chi connectivity index (χ3v) is 3.93. The van der Waals surface area contributed by atoms with Crippen LogP contribution in [0.25, 0.3) is 6.08 Å². The zero-order valence-electron chi connectivity index (χ0n) is 16.7. The number of nitrogens with one attached hydrogen (secondary N) is 4. The number of hydrogen-bond acceptors (Lipinski definition) is 4. The van der Waals surface area contributed by atoms with Crippen LogP contribution in [0.3, 0.4) is 0 Å². The second-order valence-electron chi connectivity index (χ2n) is 5.69. The standard InChI is InChI=1S/C20H28N6S2/c1-5-21-19(27)25-23-15(3)18(16(4)24-26-20(28)22-6-2)14-10-13-17-11-8-7-9-12-17/h7-14H,5-6H2,1-4H3,(H2,21,25,27)(H2,22,26,28)/b13-10+,23-15+,24-16+. The molecule has 0 spiro atoms. The zero-order chi connectivity index (χ0) is 20.8. The van der Waals surface area contributed by atoms with Crippen molar-refractivity contribution in [2.24, 2.45) is 10.2 Å². The van der Waals surface area contributed by atoms with Gasteiger partial charge in [0.25, 0.3) is 0 Å². The Morgan fingerprint density at radius 3 is 1.86 bits per heavy atom. The average molecular weight is 417 g/mol. The molecular formula is C20H28N6S2. The van der Waals surface area contributed by atoms with Gasteiger partial charge in [0.05, 0.1) is 11.4 Å². The highest BCUT2D eigenvalue weighted by Crippen LogP contribution is 2.06. The van der Waals surface area contributed by atoms with Gasteiger partial charge in [-0.2, -0.15) is 10.2 Å². The normalized spacial score (nSPS) is 11.7. The summed E-state index contributed by atoms with van der Waals surface area (Å²) in [6.45, 7) is 9.20. The molecule has 0 aliphatic heterocycles. The first-order valence-corrected chi connectivity index (χ1v) is 9.90. The number of rotatable bonds is 8. The SMILES string of the molecule is CCNC(=S)N/N=C(\C)C(=C/C=C/c1ccccc1)/C(C)=N/NC(=S)NCC. The van der Waals surface area contributed by atoms with Crippen molar-refractivity contribution < 1.29 is 0 Å². The first kappa shape index (κ1) is 23.5. The first-order chi connectivity index (χ1) is 13.5. The number of thiocarbonyl (C=S) groups is 2. The van der Waals surface area contributed by atoms with E-state index in [0.29, 0.717) is 10.2 Å². The summed E-state index contributed by atoms with van der Waals surface area (Å²) in [7, 11) is 0. The van der Waals surface area contributed by atoms with E-state index in [9.17, 15) is 0 Å². The number of hydrogen-bond donors (Lipinski definition) is 4. The van der Waals surface area contributed by atoms with E-state index in [-0.39, 0.29) is 0 Å². The molecule has 28 heavy (non-hydrogen) atoms. The van der Waals surface area contributed by atoms with E-state index >= 15 is 0 Å². The fraction of sp³-hybridized carbons (Fsp3) is 0.300. The molecule has 1 rings (SSSR count). The molecule has 0 saturated heterocycles. The van der Waals surface area contributed by atoms with Crippen LogP contribution in [-0.4, -0.2) is 34.7 Å². The number of hydrazone groups is 2. The van der Waals surface area contributed by atoms with Crippen molar-refractivity contribution in [1.29, 1.82) is 0 Å². The van der Waals surface area contributed by atoms with Crippen LogP contribution in [0.15, 0.2) is 58.3 Å².